The summed E-state index contributed by atoms with van der Waals surface area (Å²) in [5, 5.41) is 17.0. The molecule has 0 aromatic carbocycles. The number of aliphatic hydroxyl groups excluding tert-OH is 1. The molecule has 0 saturated heterocycles. The van der Waals surface area contributed by atoms with Crippen molar-refractivity contribution in [1.29, 1.82) is 0 Å². The zero-order valence-electron chi connectivity index (χ0n) is 8.77. The van der Waals surface area contributed by atoms with Crippen LogP contribution < -0.4 is 5.73 Å². The summed E-state index contributed by atoms with van der Waals surface area (Å²) >= 11 is 0. The van der Waals surface area contributed by atoms with Crippen LogP contribution in [0.25, 0.3) is 0 Å². The van der Waals surface area contributed by atoms with Gasteiger partial charge in [-0.3, -0.25) is 0 Å². The Hall–Kier alpha value is -0.940. The minimum atomic E-state index is -0.243. The van der Waals surface area contributed by atoms with E-state index in [4.69, 9.17) is 10.8 Å². The van der Waals surface area contributed by atoms with Gasteiger partial charge in [-0.2, -0.15) is 0 Å². The lowest BCUT2D eigenvalue weighted by Gasteiger charge is -2.05. The second kappa shape index (κ2) is 5.07. The monoisotopic (exact) mass is 198 g/mol. The van der Waals surface area contributed by atoms with Crippen LogP contribution in [0.15, 0.2) is 0 Å². The third-order valence-electron chi connectivity index (χ3n) is 2.26. The first-order valence-corrected chi connectivity index (χ1v) is 4.92. The summed E-state index contributed by atoms with van der Waals surface area (Å²) in [5.74, 6) is 0. The molecule has 1 heterocycles. The molecule has 1 aromatic heterocycles. The van der Waals surface area contributed by atoms with Crippen molar-refractivity contribution in [1.82, 2.24) is 15.0 Å². The van der Waals surface area contributed by atoms with E-state index in [9.17, 15) is 0 Å². The number of aryl methyl sites for hydroxylation is 1. The molecular weight excluding hydrogens is 180 g/mol. The quantitative estimate of drug-likeness (QED) is 0.709. The lowest BCUT2D eigenvalue weighted by molar-refractivity contribution is 0.178. The minimum absolute atomic E-state index is 0.243. The average molecular weight is 198 g/mol. The zero-order valence-corrected chi connectivity index (χ0v) is 8.77. The molecule has 1 unspecified atom stereocenters. The van der Waals surface area contributed by atoms with Crippen LogP contribution in [-0.2, 0) is 13.1 Å². The van der Waals surface area contributed by atoms with Gasteiger partial charge in [-0.25, -0.2) is 4.68 Å². The molecule has 80 valence electrons. The highest BCUT2D eigenvalue weighted by Gasteiger charge is 2.06. The topological polar surface area (TPSA) is 77.0 Å². The second-order valence-corrected chi connectivity index (χ2v) is 3.54. The van der Waals surface area contributed by atoms with Gasteiger partial charge in [0, 0.05) is 13.1 Å². The standard InChI is InChI=1S/C9H18N4O/c1-7(14)4-3-5-13-8(2)9(6-10)11-12-13/h7,14H,3-6,10H2,1-2H3. The third kappa shape index (κ3) is 2.78. The molecule has 0 bridgehead atoms. The van der Waals surface area contributed by atoms with Crippen LogP contribution in [0.2, 0.25) is 0 Å². The fourth-order valence-electron chi connectivity index (χ4n) is 1.33. The van der Waals surface area contributed by atoms with Gasteiger partial charge in [0.15, 0.2) is 0 Å². The highest BCUT2D eigenvalue weighted by atomic mass is 16.3. The number of aliphatic hydroxyl groups is 1. The van der Waals surface area contributed by atoms with E-state index in [1.54, 1.807) is 6.92 Å². The number of aromatic nitrogens is 3. The van der Waals surface area contributed by atoms with Crippen LogP contribution in [0, 0.1) is 6.92 Å². The fraction of sp³-hybridized carbons (Fsp3) is 0.778. The predicted octanol–water partition coefficient (Wildman–Crippen LogP) is 0.206. The van der Waals surface area contributed by atoms with Crippen LogP contribution in [0.1, 0.15) is 31.2 Å². The Labute approximate surface area is 83.9 Å². The Morgan fingerprint density at radius 3 is 2.79 bits per heavy atom. The van der Waals surface area contributed by atoms with E-state index in [0.717, 1.165) is 30.8 Å². The molecule has 14 heavy (non-hydrogen) atoms. The van der Waals surface area contributed by atoms with E-state index in [2.05, 4.69) is 10.3 Å². The highest BCUT2D eigenvalue weighted by Crippen LogP contribution is 2.05. The molecule has 1 rings (SSSR count). The maximum atomic E-state index is 9.09. The maximum absolute atomic E-state index is 9.09. The summed E-state index contributed by atoms with van der Waals surface area (Å²) in [4.78, 5) is 0. The van der Waals surface area contributed by atoms with Gasteiger partial charge in [-0.1, -0.05) is 5.21 Å². The molecule has 0 spiro atoms. The molecule has 5 heteroatoms. The molecule has 0 fully saturated rings. The first-order chi connectivity index (χ1) is 6.65. The van der Waals surface area contributed by atoms with Crippen LogP contribution in [0.4, 0.5) is 0 Å². The number of nitrogens with zero attached hydrogens (tertiary/aromatic N) is 3. The third-order valence-corrected chi connectivity index (χ3v) is 2.26. The zero-order chi connectivity index (χ0) is 10.6. The van der Waals surface area contributed by atoms with Crippen LogP contribution in [0.3, 0.4) is 0 Å². The number of nitrogens with two attached hydrogens (primary N) is 1. The summed E-state index contributed by atoms with van der Waals surface area (Å²) in [6.45, 7) is 4.98. The van der Waals surface area contributed by atoms with E-state index in [1.807, 2.05) is 11.6 Å². The molecule has 3 N–H and O–H groups in total. The number of hydrogen-bond donors (Lipinski definition) is 2. The minimum Gasteiger partial charge on any atom is -0.393 e. The van der Waals surface area contributed by atoms with Crippen molar-refractivity contribution in [2.75, 3.05) is 0 Å². The average Bonchev–Trinajstić information content (AvgIpc) is 2.47. The predicted molar refractivity (Wildman–Crippen MR) is 53.6 cm³/mol. The summed E-state index contributed by atoms with van der Waals surface area (Å²) in [5.41, 5.74) is 7.36. The normalized spacial score (nSPS) is 13.1. The molecule has 1 atom stereocenters. The molecule has 5 nitrogen and oxygen atoms in total. The molecule has 0 radical (unpaired) electrons. The van der Waals surface area contributed by atoms with Crippen molar-refractivity contribution in [2.45, 2.75) is 45.9 Å². The van der Waals surface area contributed by atoms with Crippen molar-refractivity contribution >= 4 is 0 Å². The van der Waals surface area contributed by atoms with Crippen molar-refractivity contribution in [3.05, 3.63) is 11.4 Å². The Bertz CT molecular complexity index is 282. The largest absolute Gasteiger partial charge is 0.393 e. The fourth-order valence-corrected chi connectivity index (χ4v) is 1.33. The van der Waals surface area contributed by atoms with Crippen molar-refractivity contribution in [3.63, 3.8) is 0 Å². The number of rotatable bonds is 5. The smallest absolute Gasteiger partial charge is 0.0991 e. The van der Waals surface area contributed by atoms with Gasteiger partial charge in [0.2, 0.25) is 0 Å². The first kappa shape index (κ1) is 11.1. The van der Waals surface area contributed by atoms with Crippen LogP contribution >= 0.6 is 0 Å². The summed E-state index contributed by atoms with van der Waals surface area (Å²) in [6.07, 6.45) is 1.45. The van der Waals surface area contributed by atoms with Crippen molar-refractivity contribution < 1.29 is 5.11 Å². The summed E-state index contributed by atoms with van der Waals surface area (Å²) in [6, 6.07) is 0. The van der Waals surface area contributed by atoms with Gasteiger partial charge >= 0.3 is 0 Å². The number of hydrogen-bond acceptors (Lipinski definition) is 4. The van der Waals surface area contributed by atoms with Gasteiger partial charge in [0.25, 0.3) is 0 Å². The van der Waals surface area contributed by atoms with Gasteiger partial charge in [0.1, 0.15) is 0 Å². The van der Waals surface area contributed by atoms with Crippen LogP contribution in [-0.4, -0.2) is 26.2 Å². The van der Waals surface area contributed by atoms with E-state index in [0.29, 0.717) is 6.54 Å². The van der Waals surface area contributed by atoms with Gasteiger partial charge in [-0.15, -0.1) is 5.10 Å². The van der Waals surface area contributed by atoms with Crippen molar-refractivity contribution in [2.24, 2.45) is 5.73 Å². The Morgan fingerprint density at radius 2 is 2.29 bits per heavy atom. The first-order valence-electron chi connectivity index (χ1n) is 4.92. The SMILES string of the molecule is Cc1c(CN)nnn1CCCC(C)O. The Kier molecular flexibility index (Phi) is 4.03. The summed E-state index contributed by atoms with van der Waals surface area (Å²) < 4.78 is 1.84. The van der Waals surface area contributed by atoms with Crippen molar-refractivity contribution in [3.8, 4) is 0 Å². The maximum Gasteiger partial charge on any atom is 0.0991 e. The summed E-state index contributed by atoms with van der Waals surface area (Å²) in [7, 11) is 0. The van der Waals surface area contributed by atoms with Gasteiger partial charge in [-0.05, 0) is 26.7 Å². The Morgan fingerprint density at radius 1 is 1.57 bits per heavy atom. The Balaban J connectivity index is 2.46. The van der Waals surface area contributed by atoms with Crippen LogP contribution in [0.5, 0.6) is 0 Å². The molecule has 0 aliphatic carbocycles. The lowest BCUT2D eigenvalue weighted by Crippen LogP contribution is -2.07. The molecule has 0 amide bonds. The molecular formula is C9H18N4O. The lowest BCUT2D eigenvalue weighted by atomic mass is 10.2. The molecule has 0 aliphatic heterocycles. The van der Waals surface area contributed by atoms with E-state index in [-0.39, 0.29) is 6.10 Å². The van der Waals surface area contributed by atoms with Gasteiger partial charge in [0.05, 0.1) is 17.5 Å². The van der Waals surface area contributed by atoms with Gasteiger partial charge < -0.3 is 10.8 Å². The highest BCUT2D eigenvalue weighted by molar-refractivity contribution is 5.06. The van der Waals surface area contributed by atoms with E-state index >= 15 is 0 Å². The second-order valence-electron chi connectivity index (χ2n) is 3.54. The molecule has 0 saturated carbocycles. The van der Waals surface area contributed by atoms with E-state index in [1.165, 1.54) is 0 Å². The molecule has 1 aromatic rings. The molecule has 0 aliphatic rings. The van der Waals surface area contributed by atoms with E-state index < -0.39 is 0 Å².